The number of nitrogens with one attached hydrogen (secondary N) is 1. The first kappa shape index (κ1) is 9.84. The van der Waals surface area contributed by atoms with Crippen molar-refractivity contribution in [3.05, 3.63) is 42.7 Å². The number of hydrogen-bond donors (Lipinski definition) is 1. The largest absolute Gasteiger partial charge is 0.494 e. The quantitative estimate of drug-likeness (QED) is 0.729. The molecule has 0 aliphatic heterocycles. The van der Waals surface area contributed by atoms with Crippen LogP contribution in [0.3, 0.4) is 0 Å². The summed E-state index contributed by atoms with van der Waals surface area (Å²) in [5.41, 5.74) is 2.72. The average molecular weight is 225 g/mol. The lowest BCUT2D eigenvalue weighted by atomic mass is 10.1. The number of benzene rings is 1. The summed E-state index contributed by atoms with van der Waals surface area (Å²) in [5.74, 6) is 0.785. The van der Waals surface area contributed by atoms with Crippen molar-refractivity contribution in [3.8, 4) is 17.0 Å². The summed E-state index contributed by atoms with van der Waals surface area (Å²) in [4.78, 5) is 4.60. The monoisotopic (exact) mass is 225 g/mol. The van der Waals surface area contributed by atoms with E-state index in [-0.39, 0.29) is 0 Å². The lowest BCUT2D eigenvalue weighted by Gasteiger charge is -2.05. The van der Waals surface area contributed by atoms with E-state index < -0.39 is 0 Å². The summed E-state index contributed by atoms with van der Waals surface area (Å²) in [7, 11) is 1.65. The molecule has 0 bridgehead atoms. The van der Waals surface area contributed by atoms with Crippen LogP contribution in [-0.2, 0) is 0 Å². The number of rotatable bonds is 2. The Kier molecular flexibility index (Phi) is 2.26. The van der Waals surface area contributed by atoms with E-state index in [4.69, 9.17) is 4.74 Å². The minimum absolute atomic E-state index is 0.785. The Labute approximate surface area is 98.3 Å². The summed E-state index contributed by atoms with van der Waals surface area (Å²) >= 11 is 0. The fourth-order valence-corrected chi connectivity index (χ4v) is 1.84. The molecule has 3 aromatic rings. The van der Waals surface area contributed by atoms with Crippen molar-refractivity contribution in [1.82, 2.24) is 15.2 Å². The molecule has 0 aliphatic carbocycles. The summed E-state index contributed by atoms with van der Waals surface area (Å²) in [5, 5.41) is 7.77. The van der Waals surface area contributed by atoms with Crippen molar-refractivity contribution in [2.75, 3.05) is 7.11 Å². The van der Waals surface area contributed by atoms with E-state index in [0.717, 1.165) is 27.9 Å². The van der Waals surface area contributed by atoms with Crippen LogP contribution in [0.4, 0.5) is 0 Å². The van der Waals surface area contributed by atoms with Crippen LogP contribution in [0.25, 0.3) is 22.2 Å². The van der Waals surface area contributed by atoms with E-state index in [1.165, 1.54) is 0 Å². The molecular weight excluding hydrogens is 214 g/mol. The van der Waals surface area contributed by atoms with Gasteiger partial charge in [0, 0.05) is 17.1 Å². The third-order valence-corrected chi connectivity index (χ3v) is 2.70. The first-order chi connectivity index (χ1) is 8.38. The van der Waals surface area contributed by atoms with Gasteiger partial charge in [0.05, 0.1) is 19.0 Å². The summed E-state index contributed by atoms with van der Waals surface area (Å²) in [6.45, 7) is 0. The van der Waals surface area contributed by atoms with E-state index in [0.29, 0.717) is 0 Å². The van der Waals surface area contributed by atoms with Crippen LogP contribution in [0.15, 0.2) is 42.7 Å². The Hall–Kier alpha value is -2.36. The topological polar surface area (TPSA) is 50.8 Å². The Bertz CT molecular complexity index is 647. The van der Waals surface area contributed by atoms with Crippen LogP contribution in [0.1, 0.15) is 0 Å². The van der Waals surface area contributed by atoms with Gasteiger partial charge in [-0.15, -0.1) is 0 Å². The number of aromatic nitrogens is 3. The third-order valence-electron chi connectivity index (χ3n) is 2.70. The molecule has 0 saturated heterocycles. The van der Waals surface area contributed by atoms with Crippen molar-refractivity contribution in [1.29, 1.82) is 0 Å². The van der Waals surface area contributed by atoms with E-state index in [1.807, 2.05) is 36.5 Å². The molecule has 4 nitrogen and oxygen atoms in total. The number of aromatic amines is 1. The Balaban J connectivity index is 2.24. The number of H-pyrrole nitrogens is 1. The summed E-state index contributed by atoms with van der Waals surface area (Å²) in [6, 6.07) is 9.90. The zero-order chi connectivity index (χ0) is 11.7. The first-order valence-electron chi connectivity index (χ1n) is 5.31. The van der Waals surface area contributed by atoms with Gasteiger partial charge in [0.15, 0.2) is 0 Å². The molecule has 0 spiro atoms. The fraction of sp³-hybridized carbons (Fsp3) is 0.0769. The van der Waals surface area contributed by atoms with Crippen LogP contribution in [-0.4, -0.2) is 22.3 Å². The molecule has 1 N–H and O–H groups in total. The maximum Gasteiger partial charge on any atom is 0.145 e. The molecule has 0 aliphatic rings. The highest BCUT2D eigenvalue weighted by molar-refractivity contribution is 5.86. The third kappa shape index (κ3) is 1.63. The van der Waals surface area contributed by atoms with Gasteiger partial charge in [-0.25, -0.2) is 4.98 Å². The molecule has 0 atom stereocenters. The maximum atomic E-state index is 5.31. The van der Waals surface area contributed by atoms with Crippen molar-refractivity contribution in [3.63, 3.8) is 0 Å². The van der Waals surface area contributed by atoms with E-state index in [1.54, 1.807) is 13.3 Å². The molecule has 0 saturated carbocycles. The van der Waals surface area contributed by atoms with Gasteiger partial charge in [-0.1, -0.05) is 18.2 Å². The lowest BCUT2D eigenvalue weighted by Crippen LogP contribution is -1.89. The second kappa shape index (κ2) is 3.90. The molecule has 2 heterocycles. The highest BCUT2D eigenvalue weighted by Crippen LogP contribution is 2.26. The minimum Gasteiger partial charge on any atom is -0.494 e. The van der Waals surface area contributed by atoms with Crippen molar-refractivity contribution < 1.29 is 4.74 Å². The Morgan fingerprint density at radius 3 is 2.88 bits per heavy atom. The van der Waals surface area contributed by atoms with Gasteiger partial charge < -0.3 is 4.74 Å². The van der Waals surface area contributed by atoms with Gasteiger partial charge >= 0.3 is 0 Å². The van der Waals surface area contributed by atoms with Crippen LogP contribution < -0.4 is 4.74 Å². The summed E-state index contributed by atoms with van der Waals surface area (Å²) < 4.78 is 5.31. The number of fused-ring (bicyclic) bond motifs is 1. The smallest absolute Gasteiger partial charge is 0.145 e. The zero-order valence-electron chi connectivity index (χ0n) is 9.34. The van der Waals surface area contributed by atoms with E-state index in [2.05, 4.69) is 15.2 Å². The van der Waals surface area contributed by atoms with Gasteiger partial charge in [0.2, 0.25) is 0 Å². The number of para-hydroxylation sites is 1. The Morgan fingerprint density at radius 1 is 1.18 bits per heavy atom. The number of hydrogen-bond acceptors (Lipinski definition) is 3. The molecule has 3 rings (SSSR count). The van der Waals surface area contributed by atoms with Crippen molar-refractivity contribution in [2.24, 2.45) is 0 Å². The van der Waals surface area contributed by atoms with Crippen LogP contribution in [0.2, 0.25) is 0 Å². The van der Waals surface area contributed by atoms with Gasteiger partial charge in [-0.05, 0) is 12.1 Å². The summed E-state index contributed by atoms with van der Waals surface area (Å²) in [6.07, 6.45) is 3.58. The van der Waals surface area contributed by atoms with Crippen molar-refractivity contribution >= 4 is 10.9 Å². The average Bonchev–Trinajstić information content (AvgIpc) is 2.91. The normalized spacial score (nSPS) is 10.6. The van der Waals surface area contributed by atoms with E-state index >= 15 is 0 Å². The van der Waals surface area contributed by atoms with Gasteiger partial charge in [0.1, 0.15) is 11.3 Å². The molecule has 0 amide bonds. The number of nitrogens with zero attached hydrogens (tertiary/aromatic N) is 2. The lowest BCUT2D eigenvalue weighted by molar-refractivity contribution is 0.419. The van der Waals surface area contributed by atoms with Crippen LogP contribution in [0.5, 0.6) is 5.75 Å². The molecule has 17 heavy (non-hydrogen) atoms. The van der Waals surface area contributed by atoms with E-state index in [9.17, 15) is 0 Å². The second-order valence-corrected chi connectivity index (χ2v) is 3.72. The fourth-order valence-electron chi connectivity index (χ4n) is 1.84. The van der Waals surface area contributed by atoms with Crippen molar-refractivity contribution in [2.45, 2.75) is 0 Å². The molecule has 0 fully saturated rings. The van der Waals surface area contributed by atoms with Crippen LogP contribution >= 0.6 is 0 Å². The molecule has 84 valence electrons. The first-order valence-corrected chi connectivity index (χ1v) is 5.31. The highest BCUT2D eigenvalue weighted by atomic mass is 16.5. The number of ether oxygens (including phenoxy) is 1. The number of methoxy groups -OCH3 is 1. The molecule has 0 radical (unpaired) electrons. The molecule has 2 aromatic heterocycles. The second-order valence-electron chi connectivity index (χ2n) is 3.72. The molecule has 0 unspecified atom stereocenters. The minimum atomic E-state index is 0.785. The molecule has 1 aromatic carbocycles. The van der Waals surface area contributed by atoms with Gasteiger partial charge in [-0.2, -0.15) is 5.10 Å². The predicted octanol–water partition coefficient (Wildman–Crippen LogP) is 2.63. The molecule has 4 heteroatoms. The van der Waals surface area contributed by atoms with Gasteiger partial charge in [0.25, 0.3) is 0 Å². The Morgan fingerprint density at radius 2 is 2.12 bits per heavy atom. The van der Waals surface area contributed by atoms with Gasteiger partial charge in [-0.3, -0.25) is 5.10 Å². The van der Waals surface area contributed by atoms with Crippen LogP contribution in [0, 0.1) is 0 Å². The maximum absolute atomic E-state index is 5.31. The molecular formula is C13H11N3O. The zero-order valence-corrected chi connectivity index (χ0v) is 9.34. The highest BCUT2D eigenvalue weighted by Gasteiger charge is 2.05. The number of pyridine rings is 1. The standard InChI is InChI=1S/C13H11N3O/c1-17-12-4-2-3-9-5-6-11(16-13(9)12)10-7-14-15-8-10/h2-8H,1H3,(H,14,15). The predicted molar refractivity (Wildman–Crippen MR) is 65.9 cm³/mol. The SMILES string of the molecule is COc1cccc2ccc(-c3cn[nH]c3)nc12.